The van der Waals surface area contributed by atoms with Crippen molar-refractivity contribution in [3.63, 3.8) is 0 Å². The molecule has 5 aliphatic heterocycles. The zero-order valence-electron chi connectivity index (χ0n) is 24.6. The topological polar surface area (TPSA) is 92.3 Å². The number of piperidine rings is 1. The molecule has 0 aliphatic carbocycles. The van der Waals surface area contributed by atoms with Crippen molar-refractivity contribution in [2.45, 2.75) is 63.1 Å². The number of anilines is 1. The summed E-state index contributed by atoms with van der Waals surface area (Å²) in [5, 5.41) is 9.02. The van der Waals surface area contributed by atoms with Crippen LogP contribution < -0.4 is 9.64 Å². The van der Waals surface area contributed by atoms with E-state index < -0.39 is 12.0 Å². The van der Waals surface area contributed by atoms with E-state index in [0.29, 0.717) is 65.8 Å². The highest BCUT2D eigenvalue weighted by Gasteiger charge is 2.49. The van der Waals surface area contributed by atoms with Crippen LogP contribution in [0, 0.1) is 11.7 Å². The zero-order valence-corrected chi connectivity index (χ0v) is 25.4. The highest BCUT2D eigenvalue weighted by molar-refractivity contribution is 6.33. The number of ether oxygens (including phenoxy) is 2. The van der Waals surface area contributed by atoms with Gasteiger partial charge in [-0.2, -0.15) is 15.1 Å². The van der Waals surface area contributed by atoms with Crippen LogP contribution in [0.25, 0.3) is 33.1 Å². The van der Waals surface area contributed by atoms with E-state index >= 15 is 4.39 Å². The number of nitrogens with zero attached hydrogens (tertiary/aromatic N) is 6. The fraction of sp³-hybridized carbons (Fsp3) is 0.562. The molecule has 232 valence electrons. The molecule has 3 aromatic heterocycles. The van der Waals surface area contributed by atoms with Crippen LogP contribution in [-0.4, -0.2) is 87.8 Å². The first-order chi connectivity index (χ1) is 21.5. The first-order valence-corrected chi connectivity index (χ1v) is 16.2. The highest BCUT2D eigenvalue weighted by Crippen LogP contribution is 2.42. The van der Waals surface area contributed by atoms with E-state index in [0.717, 1.165) is 69.1 Å². The number of hydrogen-bond acceptors (Lipinski definition) is 8. The van der Waals surface area contributed by atoms with Crippen molar-refractivity contribution in [1.29, 1.82) is 0 Å². The second-order valence-corrected chi connectivity index (χ2v) is 13.3. The number of aromatic nitrogens is 5. The van der Waals surface area contributed by atoms with E-state index in [2.05, 4.69) is 25.0 Å². The summed E-state index contributed by atoms with van der Waals surface area (Å²) in [7, 11) is 0. The number of pyridine rings is 1. The Kier molecular flexibility index (Phi) is 7.30. The van der Waals surface area contributed by atoms with Crippen LogP contribution in [-0.2, 0) is 11.2 Å². The molecule has 9 nitrogen and oxygen atoms in total. The molecule has 1 aromatic carbocycles. The molecule has 4 aromatic rings. The maximum atomic E-state index is 16.9. The number of fused-ring (bicyclic) bond motifs is 8. The maximum absolute atomic E-state index is 16.9. The van der Waals surface area contributed by atoms with Crippen LogP contribution in [0.2, 0.25) is 5.02 Å². The van der Waals surface area contributed by atoms with Gasteiger partial charge in [-0.05, 0) is 69.0 Å². The summed E-state index contributed by atoms with van der Waals surface area (Å²) in [5.41, 5.74) is 2.11. The van der Waals surface area contributed by atoms with Crippen LogP contribution in [0.4, 0.5) is 14.6 Å². The fourth-order valence-corrected chi connectivity index (χ4v) is 8.21. The average Bonchev–Trinajstić information content (AvgIpc) is 3.72. The van der Waals surface area contributed by atoms with Crippen molar-refractivity contribution < 1.29 is 18.3 Å². The summed E-state index contributed by atoms with van der Waals surface area (Å²) in [4.78, 5) is 18.6. The van der Waals surface area contributed by atoms with Crippen molar-refractivity contribution in [2.75, 3.05) is 50.9 Å². The van der Waals surface area contributed by atoms with Crippen LogP contribution in [0.3, 0.4) is 0 Å². The van der Waals surface area contributed by atoms with E-state index in [1.54, 1.807) is 12.4 Å². The number of nitrogens with one attached hydrogen (secondary N) is 1. The number of hydrogen-bond donors (Lipinski definition) is 1. The predicted molar refractivity (Wildman–Crippen MR) is 165 cm³/mol. The predicted octanol–water partition coefficient (Wildman–Crippen LogP) is 5.89. The van der Waals surface area contributed by atoms with E-state index in [1.807, 2.05) is 6.07 Å². The molecule has 44 heavy (non-hydrogen) atoms. The summed E-state index contributed by atoms with van der Waals surface area (Å²) >= 11 is 6.82. The minimum absolute atomic E-state index is 0.103. The second-order valence-electron chi connectivity index (χ2n) is 12.9. The number of H-pyrrole nitrogens is 1. The van der Waals surface area contributed by atoms with Crippen molar-refractivity contribution in [1.82, 2.24) is 30.0 Å². The van der Waals surface area contributed by atoms with Gasteiger partial charge in [0.2, 0.25) is 0 Å². The molecule has 6 bridgehead atoms. The van der Waals surface area contributed by atoms with Crippen LogP contribution in [0.5, 0.6) is 6.01 Å². The molecular weight excluding hydrogens is 588 g/mol. The molecule has 12 heteroatoms. The van der Waals surface area contributed by atoms with Gasteiger partial charge in [0.25, 0.3) is 0 Å². The lowest BCUT2D eigenvalue weighted by molar-refractivity contribution is 0.0907. The molecule has 0 amide bonds. The van der Waals surface area contributed by atoms with Crippen LogP contribution >= 0.6 is 11.6 Å². The molecule has 0 spiro atoms. The molecule has 9 rings (SSSR count). The molecule has 3 saturated heterocycles. The minimum atomic E-state index is -0.871. The van der Waals surface area contributed by atoms with Gasteiger partial charge in [-0.3, -0.25) is 15.0 Å². The zero-order chi connectivity index (χ0) is 29.8. The van der Waals surface area contributed by atoms with Crippen LogP contribution in [0.1, 0.15) is 50.5 Å². The number of alkyl halides is 1. The molecule has 8 heterocycles. The maximum Gasteiger partial charge on any atom is 0.319 e. The highest BCUT2D eigenvalue weighted by atomic mass is 35.5. The number of aromatic amines is 1. The Bertz CT molecular complexity index is 1720. The molecule has 1 N–H and O–H groups in total. The fourth-order valence-electron chi connectivity index (χ4n) is 7.91. The molecule has 5 aliphatic rings. The van der Waals surface area contributed by atoms with Crippen molar-refractivity contribution in [3.05, 3.63) is 34.9 Å². The van der Waals surface area contributed by atoms with Crippen LogP contribution in [0.15, 0.2) is 18.5 Å². The molecule has 0 radical (unpaired) electrons. The molecule has 3 fully saturated rings. The average molecular weight is 624 g/mol. The lowest BCUT2D eigenvalue weighted by atomic mass is 9.94. The Morgan fingerprint density at radius 2 is 2.05 bits per heavy atom. The van der Waals surface area contributed by atoms with Gasteiger partial charge >= 0.3 is 6.01 Å². The number of rotatable bonds is 3. The third-order valence-corrected chi connectivity index (χ3v) is 10.4. The van der Waals surface area contributed by atoms with E-state index in [-0.39, 0.29) is 29.4 Å². The normalized spacial score (nSPS) is 26.1. The Morgan fingerprint density at radius 1 is 1.11 bits per heavy atom. The SMILES string of the molecule is Fc1c2ncc3c(nc(OC[C@@]45CCCN4C[C@H](F)C5)nc13)N1CCC[C@@H](COCCCCc3c(Cl)cc4[nH]ncc4c3-2)C1. The number of benzene rings is 1. The van der Waals surface area contributed by atoms with Gasteiger partial charge in [0, 0.05) is 54.8 Å². The molecular formula is C32H36ClF2N7O2. The summed E-state index contributed by atoms with van der Waals surface area (Å²) in [6.45, 7) is 4.40. The third-order valence-electron chi connectivity index (χ3n) is 10.0. The largest absolute Gasteiger partial charge is 0.461 e. The summed E-state index contributed by atoms with van der Waals surface area (Å²) in [5.74, 6) is 0.394. The summed E-state index contributed by atoms with van der Waals surface area (Å²) in [6, 6.07) is 1.94. The number of halogens is 3. The van der Waals surface area contributed by atoms with E-state index in [4.69, 9.17) is 31.0 Å². The second kappa shape index (κ2) is 11.3. The van der Waals surface area contributed by atoms with Gasteiger partial charge in [0.15, 0.2) is 5.82 Å². The minimum Gasteiger partial charge on any atom is -0.461 e. The van der Waals surface area contributed by atoms with Gasteiger partial charge in [0.1, 0.15) is 29.8 Å². The smallest absolute Gasteiger partial charge is 0.319 e. The lowest BCUT2D eigenvalue weighted by Gasteiger charge is -2.34. The summed E-state index contributed by atoms with van der Waals surface area (Å²) in [6.07, 6.45) is 9.19. The van der Waals surface area contributed by atoms with E-state index in [9.17, 15) is 4.39 Å². The Labute approximate surface area is 259 Å². The van der Waals surface area contributed by atoms with E-state index in [1.165, 1.54) is 0 Å². The first-order valence-electron chi connectivity index (χ1n) is 15.8. The van der Waals surface area contributed by atoms with Crippen molar-refractivity contribution >= 4 is 39.2 Å². The standard InChI is InChI=1S/C32H36ClF2N7O2/c33-24-11-25-22(14-37-40-25)26-21(24)6-1-2-10-43-17-19-5-3-8-41(15-19)30-23-13-36-29(26)27(35)28(23)38-31(39-30)44-18-32-7-4-9-42(32)16-20(34)12-32/h11,13-14,19-20H,1-10,12,15-18H2,(H,37,40)/t19-,20-,32+/m1/s1. The molecule has 0 saturated carbocycles. The Hall–Kier alpha value is -3.15. The van der Waals surface area contributed by atoms with Crippen molar-refractivity contribution in [2.24, 2.45) is 5.92 Å². The van der Waals surface area contributed by atoms with Gasteiger partial charge in [-0.25, -0.2) is 8.78 Å². The first kappa shape index (κ1) is 28.3. The molecule has 3 atom stereocenters. The van der Waals surface area contributed by atoms with Gasteiger partial charge < -0.3 is 14.4 Å². The van der Waals surface area contributed by atoms with Gasteiger partial charge in [0.05, 0.1) is 29.2 Å². The lowest BCUT2D eigenvalue weighted by Crippen LogP contribution is -2.43. The Morgan fingerprint density at radius 3 is 2.98 bits per heavy atom. The monoisotopic (exact) mass is 623 g/mol. The molecule has 0 unspecified atom stereocenters. The summed E-state index contributed by atoms with van der Waals surface area (Å²) < 4.78 is 43.8. The van der Waals surface area contributed by atoms with Crippen molar-refractivity contribution in [3.8, 4) is 17.3 Å². The quantitative estimate of drug-likeness (QED) is 0.302. The third kappa shape index (κ3) is 4.87. The van der Waals surface area contributed by atoms with Gasteiger partial charge in [-0.1, -0.05) is 11.6 Å². The van der Waals surface area contributed by atoms with Gasteiger partial charge in [-0.15, -0.1) is 0 Å². The Balaban J connectivity index is 1.28.